The number of rotatable bonds is 4. The quantitative estimate of drug-likeness (QED) is 0.716. The number of carboxylic acids is 1. The number of hydrogen-bond acceptors (Lipinski definition) is 3. The van der Waals surface area contributed by atoms with Gasteiger partial charge in [0.15, 0.2) is 5.75 Å². The summed E-state index contributed by atoms with van der Waals surface area (Å²) in [4.78, 5) is 10.2. The van der Waals surface area contributed by atoms with Crippen molar-refractivity contribution in [2.75, 3.05) is 5.75 Å². The predicted molar refractivity (Wildman–Crippen MR) is 51.4 cm³/mol. The highest BCUT2D eigenvalue weighted by Gasteiger charge is 2.22. The Morgan fingerprint density at radius 3 is 2.36 bits per heavy atom. The summed E-state index contributed by atoms with van der Waals surface area (Å²) in [6, 6.07) is -0.0619. The number of hydrogen-bond donors (Lipinski definition) is 2. The SMILES string of the molecule is O=C(O)CS(=O)(=O)NC1CCCCC1. The molecular weight excluding hydrogens is 206 g/mol. The molecule has 0 amide bonds. The maximum Gasteiger partial charge on any atom is 0.320 e. The van der Waals surface area contributed by atoms with E-state index in [0.717, 1.165) is 32.1 Å². The predicted octanol–water partition coefficient (Wildman–Crippen LogP) is 0.323. The van der Waals surface area contributed by atoms with Gasteiger partial charge in [-0.15, -0.1) is 0 Å². The first-order valence-corrected chi connectivity index (χ1v) is 6.36. The standard InChI is InChI=1S/C8H15NO4S/c10-8(11)6-14(12,13)9-7-4-2-1-3-5-7/h7,9H,1-6H2,(H,10,11). The van der Waals surface area contributed by atoms with E-state index in [1.165, 1.54) is 0 Å². The molecule has 1 saturated carbocycles. The summed E-state index contributed by atoms with van der Waals surface area (Å²) < 4.78 is 24.9. The number of nitrogens with one attached hydrogen (secondary N) is 1. The van der Waals surface area contributed by atoms with Gasteiger partial charge >= 0.3 is 5.97 Å². The van der Waals surface area contributed by atoms with Crippen molar-refractivity contribution in [1.29, 1.82) is 0 Å². The molecule has 0 aromatic rings. The summed E-state index contributed by atoms with van der Waals surface area (Å²) in [6.45, 7) is 0. The van der Waals surface area contributed by atoms with Gasteiger partial charge in [-0.2, -0.15) is 0 Å². The van der Waals surface area contributed by atoms with E-state index in [4.69, 9.17) is 5.11 Å². The maximum absolute atomic E-state index is 11.2. The van der Waals surface area contributed by atoms with E-state index < -0.39 is 21.7 Å². The van der Waals surface area contributed by atoms with Crippen molar-refractivity contribution in [2.24, 2.45) is 0 Å². The molecule has 0 aliphatic heterocycles. The molecule has 1 aliphatic rings. The number of carboxylic acid groups (broad SMARTS) is 1. The molecule has 2 N–H and O–H groups in total. The van der Waals surface area contributed by atoms with Crippen LogP contribution in [0, 0.1) is 0 Å². The van der Waals surface area contributed by atoms with Crippen LogP contribution in [0.25, 0.3) is 0 Å². The zero-order valence-corrected chi connectivity index (χ0v) is 8.72. The first kappa shape index (κ1) is 11.5. The van der Waals surface area contributed by atoms with Crippen molar-refractivity contribution < 1.29 is 18.3 Å². The van der Waals surface area contributed by atoms with Crippen LogP contribution in [0.15, 0.2) is 0 Å². The van der Waals surface area contributed by atoms with Crippen LogP contribution in [-0.2, 0) is 14.8 Å². The molecule has 0 radical (unpaired) electrons. The lowest BCUT2D eigenvalue weighted by atomic mass is 9.96. The zero-order chi connectivity index (χ0) is 10.6. The third kappa shape index (κ3) is 4.06. The minimum absolute atomic E-state index is 0.0619. The third-order valence-electron chi connectivity index (χ3n) is 2.26. The molecule has 0 heterocycles. The fourth-order valence-corrected chi connectivity index (χ4v) is 2.83. The molecule has 5 nitrogen and oxygen atoms in total. The van der Waals surface area contributed by atoms with E-state index in [1.807, 2.05) is 0 Å². The van der Waals surface area contributed by atoms with Crippen molar-refractivity contribution in [3.8, 4) is 0 Å². The molecule has 1 fully saturated rings. The molecule has 0 aromatic carbocycles. The Bertz CT molecular complexity index is 292. The summed E-state index contributed by atoms with van der Waals surface area (Å²) in [6.07, 6.45) is 4.80. The Balaban J connectivity index is 2.45. The molecule has 14 heavy (non-hydrogen) atoms. The van der Waals surface area contributed by atoms with Crippen LogP contribution in [0.5, 0.6) is 0 Å². The number of aliphatic carboxylic acids is 1. The van der Waals surface area contributed by atoms with Crippen LogP contribution in [0.1, 0.15) is 32.1 Å². The molecule has 6 heteroatoms. The van der Waals surface area contributed by atoms with Gasteiger partial charge in [0.2, 0.25) is 10.0 Å². The first-order valence-electron chi connectivity index (χ1n) is 4.71. The summed E-state index contributed by atoms with van der Waals surface area (Å²) in [5.41, 5.74) is 0. The van der Waals surface area contributed by atoms with Crippen molar-refractivity contribution in [3.63, 3.8) is 0 Å². The van der Waals surface area contributed by atoms with Gasteiger partial charge in [0.05, 0.1) is 0 Å². The van der Waals surface area contributed by atoms with Gasteiger partial charge in [-0.25, -0.2) is 13.1 Å². The van der Waals surface area contributed by atoms with Gasteiger partial charge in [0, 0.05) is 6.04 Å². The van der Waals surface area contributed by atoms with E-state index in [2.05, 4.69) is 4.72 Å². The normalized spacial score (nSPS) is 19.4. The fraction of sp³-hybridized carbons (Fsp3) is 0.875. The van der Waals surface area contributed by atoms with Crippen LogP contribution in [0.2, 0.25) is 0 Å². The molecule has 0 atom stereocenters. The molecular formula is C8H15NO4S. The Kier molecular flexibility index (Phi) is 3.88. The lowest BCUT2D eigenvalue weighted by Crippen LogP contribution is -2.39. The minimum atomic E-state index is -3.63. The van der Waals surface area contributed by atoms with E-state index >= 15 is 0 Å². The summed E-state index contributed by atoms with van der Waals surface area (Å²) in [5, 5.41) is 8.36. The topological polar surface area (TPSA) is 83.5 Å². The monoisotopic (exact) mass is 221 g/mol. The lowest BCUT2D eigenvalue weighted by molar-refractivity contribution is -0.134. The largest absolute Gasteiger partial charge is 0.480 e. The van der Waals surface area contributed by atoms with Crippen LogP contribution in [0.3, 0.4) is 0 Å². The molecule has 0 unspecified atom stereocenters. The second kappa shape index (κ2) is 4.75. The van der Waals surface area contributed by atoms with Crippen LogP contribution in [-0.4, -0.2) is 31.3 Å². The molecule has 1 rings (SSSR count). The van der Waals surface area contributed by atoms with Gasteiger partial charge in [-0.3, -0.25) is 4.79 Å². The molecule has 0 spiro atoms. The molecule has 1 aliphatic carbocycles. The summed E-state index contributed by atoms with van der Waals surface area (Å²) in [5.74, 6) is -2.14. The number of sulfonamides is 1. The van der Waals surface area contributed by atoms with Crippen molar-refractivity contribution >= 4 is 16.0 Å². The zero-order valence-electron chi connectivity index (χ0n) is 7.90. The van der Waals surface area contributed by atoms with Gasteiger partial charge in [-0.05, 0) is 12.8 Å². The Labute approximate surface area is 83.6 Å². The fourth-order valence-electron chi connectivity index (χ4n) is 1.68. The Morgan fingerprint density at radius 1 is 1.29 bits per heavy atom. The molecule has 0 saturated heterocycles. The van der Waals surface area contributed by atoms with E-state index in [0.29, 0.717) is 0 Å². The molecule has 82 valence electrons. The second-order valence-electron chi connectivity index (χ2n) is 3.61. The van der Waals surface area contributed by atoms with E-state index in [-0.39, 0.29) is 6.04 Å². The minimum Gasteiger partial charge on any atom is -0.480 e. The summed E-state index contributed by atoms with van der Waals surface area (Å²) >= 11 is 0. The highest BCUT2D eigenvalue weighted by molar-refractivity contribution is 7.90. The Morgan fingerprint density at radius 2 is 1.86 bits per heavy atom. The van der Waals surface area contributed by atoms with Gasteiger partial charge < -0.3 is 5.11 Å². The van der Waals surface area contributed by atoms with Crippen molar-refractivity contribution in [2.45, 2.75) is 38.1 Å². The van der Waals surface area contributed by atoms with Crippen molar-refractivity contribution in [1.82, 2.24) is 4.72 Å². The smallest absolute Gasteiger partial charge is 0.320 e. The average molecular weight is 221 g/mol. The lowest BCUT2D eigenvalue weighted by Gasteiger charge is -2.21. The van der Waals surface area contributed by atoms with Crippen molar-refractivity contribution in [3.05, 3.63) is 0 Å². The average Bonchev–Trinajstić information content (AvgIpc) is 2.02. The maximum atomic E-state index is 11.2. The second-order valence-corrected chi connectivity index (χ2v) is 5.36. The van der Waals surface area contributed by atoms with E-state index in [1.54, 1.807) is 0 Å². The summed E-state index contributed by atoms with van der Waals surface area (Å²) in [7, 11) is -3.63. The van der Waals surface area contributed by atoms with Gasteiger partial charge in [0.25, 0.3) is 0 Å². The van der Waals surface area contributed by atoms with Crippen LogP contribution < -0.4 is 4.72 Å². The number of carbonyl (C=O) groups is 1. The highest BCUT2D eigenvalue weighted by atomic mass is 32.2. The van der Waals surface area contributed by atoms with Gasteiger partial charge in [-0.1, -0.05) is 19.3 Å². The van der Waals surface area contributed by atoms with Crippen LogP contribution in [0.4, 0.5) is 0 Å². The third-order valence-corrected chi connectivity index (χ3v) is 3.58. The Hall–Kier alpha value is -0.620. The first-order chi connectivity index (χ1) is 6.49. The molecule has 0 bridgehead atoms. The highest BCUT2D eigenvalue weighted by Crippen LogP contribution is 2.17. The van der Waals surface area contributed by atoms with E-state index in [9.17, 15) is 13.2 Å². The van der Waals surface area contributed by atoms with Crippen LogP contribution >= 0.6 is 0 Å². The van der Waals surface area contributed by atoms with Gasteiger partial charge in [0.1, 0.15) is 0 Å². The molecule has 0 aromatic heterocycles.